The van der Waals surface area contributed by atoms with Gasteiger partial charge in [-0.15, -0.1) is 0 Å². The first-order chi connectivity index (χ1) is 15.6. The van der Waals surface area contributed by atoms with Gasteiger partial charge in [-0.3, -0.25) is 9.20 Å². The molecule has 10 heteroatoms. The minimum Gasteiger partial charge on any atom is -0.451 e. The van der Waals surface area contributed by atoms with Gasteiger partial charge in [-0.2, -0.15) is 0 Å². The number of piperazine rings is 1. The smallest absolute Gasteiger partial charge is 0.359 e. The van der Waals surface area contributed by atoms with Gasteiger partial charge in [0.05, 0.1) is 5.52 Å². The van der Waals surface area contributed by atoms with E-state index in [0.717, 1.165) is 5.69 Å². The highest BCUT2D eigenvalue weighted by Gasteiger charge is 2.26. The van der Waals surface area contributed by atoms with Gasteiger partial charge in [-0.1, -0.05) is 36.0 Å². The molecule has 0 unspecified atom stereocenters. The van der Waals surface area contributed by atoms with E-state index in [-0.39, 0.29) is 24.2 Å². The summed E-state index contributed by atoms with van der Waals surface area (Å²) in [5, 5.41) is 3.51. The topological polar surface area (TPSA) is 96.2 Å². The average molecular weight is 454 g/mol. The predicted molar refractivity (Wildman–Crippen MR) is 121 cm³/mol. The Balaban J connectivity index is 1.28. The van der Waals surface area contributed by atoms with Crippen molar-refractivity contribution in [1.29, 1.82) is 0 Å². The molecule has 1 aromatic carbocycles. The molecule has 0 aliphatic carbocycles. The van der Waals surface area contributed by atoms with Crippen LogP contribution in [0.15, 0.2) is 59.9 Å². The fraction of sp³-hybridized carbons (Fsp3) is 0.273. The van der Waals surface area contributed by atoms with Crippen molar-refractivity contribution in [2.75, 3.05) is 44.4 Å². The highest BCUT2D eigenvalue weighted by molar-refractivity contribution is 7.98. The lowest BCUT2D eigenvalue weighted by atomic mass is 10.3. The van der Waals surface area contributed by atoms with Crippen LogP contribution in [0.1, 0.15) is 10.5 Å². The summed E-state index contributed by atoms with van der Waals surface area (Å²) in [7, 11) is 0. The molecule has 32 heavy (non-hydrogen) atoms. The lowest BCUT2D eigenvalue weighted by Crippen LogP contribution is -2.52. The Morgan fingerprint density at radius 1 is 1.00 bits per heavy atom. The molecule has 4 rings (SSSR count). The van der Waals surface area contributed by atoms with Crippen LogP contribution in [-0.2, 0) is 9.53 Å². The fourth-order valence-corrected chi connectivity index (χ4v) is 4.01. The molecule has 3 heterocycles. The Hall–Kier alpha value is -3.53. The highest BCUT2D eigenvalue weighted by Crippen LogP contribution is 2.20. The average Bonchev–Trinajstić information content (AvgIpc) is 3.22. The van der Waals surface area contributed by atoms with Crippen LogP contribution >= 0.6 is 11.8 Å². The number of aromatic nitrogens is 2. The normalized spacial score (nSPS) is 13.8. The number of nitrogens with one attached hydrogen (secondary N) is 1. The number of fused-ring (bicyclic) bond motifs is 1. The summed E-state index contributed by atoms with van der Waals surface area (Å²) in [4.78, 5) is 45.0. The molecule has 0 radical (unpaired) electrons. The van der Waals surface area contributed by atoms with Crippen molar-refractivity contribution < 1.29 is 19.1 Å². The van der Waals surface area contributed by atoms with Crippen molar-refractivity contribution in [2.24, 2.45) is 0 Å². The second-order valence-electron chi connectivity index (χ2n) is 7.14. The number of thioether (sulfide) groups is 1. The summed E-state index contributed by atoms with van der Waals surface area (Å²) in [5.41, 5.74) is 1.54. The van der Waals surface area contributed by atoms with Crippen LogP contribution in [0, 0.1) is 0 Å². The highest BCUT2D eigenvalue weighted by atomic mass is 32.2. The number of amides is 3. The third-order valence-electron chi connectivity index (χ3n) is 5.16. The molecule has 0 atom stereocenters. The van der Waals surface area contributed by atoms with Crippen LogP contribution in [0.4, 0.5) is 10.5 Å². The first-order valence-corrected chi connectivity index (χ1v) is 11.4. The number of carbonyl (C=O) groups excluding carboxylic acids is 3. The Labute approximate surface area is 189 Å². The Kier molecular flexibility index (Phi) is 6.60. The Morgan fingerprint density at radius 3 is 2.41 bits per heavy atom. The molecule has 9 nitrogen and oxygen atoms in total. The number of para-hydroxylation sites is 1. The van der Waals surface area contributed by atoms with Crippen LogP contribution in [-0.4, -0.2) is 76.1 Å². The molecule has 166 valence electrons. The van der Waals surface area contributed by atoms with E-state index in [0.29, 0.717) is 36.9 Å². The van der Waals surface area contributed by atoms with E-state index in [4.69, 9.17) is 4.74 Å². The van der Waals surface area contributed by atoms with Crippen LogP contribution in [0.25, 0.3) is 5.52 Å². The number of imidazole rings is 1. The first-order valence-electron chi connectivity index (χ1n) is 10.1. The summed E-state index contributed by atoms with van der Waals surface area (Å²) in [6.07, 6.45) is 3.70. The molecule has 1 N–H and O–H groups in total. The van der Waals surface area contributed by atoms with Gasteiger partial charge in [0.1, 0.15) is 0 Å². The maximum absolute atomic E-state index is 12.6. The van der Waals surface area contributed by atoms with E-state index in [1.165, 1.54) is 11.8 Å². The number of urea groups is 1. The molecule has 2 aromatic heterocycles. The van der Waals surface area contributed by atoms with Crippen LogP contribution in [0.5, 0.6) is 0 Å². The number of benzene rings is 1. The van der Waals surface area contributed by atoms with Crippen molar-refractivity contribution in [3.8, 4) is 0 Å². The maximum atomic E-state index is 12.6. The SMILES string of the molecule is CSc1nc(C(=O)OCC(=O)N2CCN(C(=O)Nc3ccccc3)CC2)c2ccccn12. The molecule has 0 bridgehead atoms. The number of ether oxygens (including phenoxy) is 1. The molecule has 3 amide bonds. The Bertz CT molecular complexity index is 1130. The van der Waals surface area contributed by atoms with Gasteiger partial charge in [0.2, 0.25) is 0 Å². The number of nitrogens with zero attached hydrogens (tertiary/aromatic N) is 4. The second-order valence-corrected chi connectivity index (χ2v) is 7.92. The maximum Gasteiger partial charge on any atom is 0.359 e. The number of hydrogen-bond acceptors (Lipinski definition) is 6. The quantitative estimate of drug-likeness (QED) is 0.471. The summed E-state index contributed by atoms with van der Waals surface area (Å²) in [5.74, 6) is -0.932. The summed E-state index contributed by atoms with van der Waals surface area (Å²) in [6, 6.07) is 14.5. The third-order valence-corrected chi connectivity index (χ3v) is 5.82. The minimum absolute atomic E-state index is 0.185. The largest absolute Gasteiger partial charge is 0.451 e. The molecule has 0 spiro atoms. The van der Waals surface area contributed by atoms with E-state index in [1.807, 2.05) is 59.3 Å². The molecule has 3 aromatic rings. The van der Waals surface area contributed by atoms with Crippen molar-refractivity contribution >= 4 is 40.9 Å². The van der Waals surface area contributed by atoms with Crippen LogP contribution < -0.4 is 5.32 Å². The van der Waals surface area contributed by atoms with Crippen molar-refractivity contribution in [2.45, 2.75) is 5.16 Å². The lowest BCUT2D eigenvalue weighted by Gasteiger charge is -2.34. The van der Waals surface area contributed by atoms with Gasteiger partial charge < -0.3 is 19.9 Å². The number of anilines is 1. The zero-order chi connectivity index (χ0) is 22.5. The van der Waals surface area contributed by atoms with Gasteiger partial charge in [-0.25, -0.2) is 14.6 Å². The van der Waals surface area contributed by atoms with Gasteiger partial charge in [0.15, 0.2) is 17.5 Å². The summed E-state index contributed by atoms with van der Waals surface area (Å²) < 4.78 is 7.06. The number of rotatable bonds is 5. The summed E-state index contributed by atoms with van der Waals surface area (Å²) in [6.45, 7) is 1.20. The zero-order valence-electron chi connectivity index (χ0n) is 17.6. The van der Waals surface area contributed by atoms with Crippen molar-refractivity contribution in [1.82, 2.24) is 19.2 Å². The van der Waals surface area contributed by atoms with E-state index in [1.54, 1.807) is 15.9 Å². The lowest BCUT2D eigenvalue weighted by molar-refractivity contribution is -0.135. The van der Waals surface area contributed by atoms with Gasteiger partial charge in [-0.05, 0) is 30.5 Å². The molecule has 0 saturated carbocycles. The van der Waals surface area contributed by atoms with Crippen molar-refractivity contribution in [3.05, 3.63) is 60.4 Å². The van der Waals surface area contributed by atoms with E-state index < -0.39 is 5.97 Å². The molecule has 1 fully saturated rings. The Morgan fingerprint density at radius 2 is 1.69 bits per heavy atom. The second kappa shape index (κ2) is 9.73. The van der Waals surface area contributed by atoms with Gasteiger partial charge >= 0.3 is 12.0 Å². The standard InChI is InChI=1S/C22H23N5O4S/c1-32-22-24-19(17-9-5-6-10-27(17)22)20(29)31-15-18(28)25-11-13-26(14-12-25)21(30)23-16-7-3-2-4-8-16/h2-10H,11-15H2,1H3,(H,23,30). The van der Waals surface area contributed by atoms with Gasteiger partial charge in [0.25, 0.3) is 5.91 Å². The zero-order valence-corrected chi connectivity index (χ0v) is 18.4. The van der Waals surface area contributed by atoms with Crippen molar-refractivity contribution in [3.63, 3.8) is 0 Å². The molecule has 1 aliphatic heterocycles. The minimum atomic E-state index is -0.636. The molecular formula is C22H23N5O4S. The summed E-state index contributed by atoms with van der Waals surface area (Å²) >= 11 is 1.42. The fourth-order valence-electron chi connectivity index (χ4n) is 3.47. The number of pyridine rings is 1. The van der Waals surface area contributed by atoms with E-state index in [2.05, 4.69) is 10.3 Å². The van der Waals surface area contributed by atoms with Crippen LogP contribution in [0.3, 0.4) is 0 Å². The van der Waals surface area contributed by atoms with E-state index in [9.17, 15) is 14.4 Å². The number of esters is 1. The molecule has 1 saturated heterocycles. The first kappa shape index (κ1) is 21.7. The third kappa shape index (κ3) is 4.70. The molecular weight excluding hydrogens is 430 g/mol. The van der Waals surface area contributed by atoms with Gasteiger partial charge in [0, 0.05) is 38.1 Å². The molecule has 1 aliphatic rings. The predicted octanol–water partition coefficient (Wildman–Crippen LogP) is 2.59. The van der Waals surface area contributed by atoms with E-state index >= 15 is 0 Å². The monoisotopic (exact) mass is 453 g/mol. The number of hydrogen-bond donors (Lipinski definition) is 1. The number of carbonyl (C=O) groups is 3. The van der Waals surface area contributed by atoms with Crippen LogP contribution in [0.2, 0.25) is 0 Å².